The van der Waals surface area contributed by atoms with Gasteiger partial charge in [0.2, 0.25) is 0 Å². The van der Waals surface area contributed by atoms with Gasteiger partial charge in [0.15, 0.2) is 0 Å². The van der Waals surface area contributed by atoms with Crippen molar-refractivity contribution >= 4 is 21.6 Å². The number of hydrogen-bond acceptors (Lipinski definition) is 4. The second kappa shape index (κ2) is 6.36. The van der Waals surface area contributed by atoms with Gasteiger partial charge in [-0.15, -0.1) is 0 Å². The van der Waals surface area contributed by atoms with Gasteiger partial charge in [0.05, 0.1) is 11.0 Å². The van der Waals surface area contributed by atoms with Crippen LogP contribution in [-0.4, -0.2) is 25.1 Å². The molecule has 0 radical (unpaired) electrons. The summed E-state index contributed by atoms with van der Waals surface area (Å²) in [5, 5.41) is 13.6. The Morgan fingerprint density at radius 3 is 2.88 bits per heavy atom. The first kappa shape index (κ1) is 13.7. The van der Waals surface area contributed by atoms with Crippen LogP contribution in [0.1, 0.15) is 0 Å². The fourth-order valence-corrected chi connectivity index (χ4v) is 1.68. The molecule has 0 aliphatic carbocycles. The van der Waals surface area contributed by atoms with Crippen molar-refractivity contribution in [1.82, 2.24) is 5.32 Å². The topological polar surface area (TPSA) is 64.4 Å². The Morgan fingerprint density at radius 2 is 2.29 bits per heavy atom. The van der Waals surface area contributed by atoms with Gasteiger partial charge in [-0.05, 0) is 18.7 Å². The quantitative estimate of drug-likeness (QED) is 0.498. The molecular formula is C11H13BrN2O3. The molecule has 0 heterocycles. The summed E-state index contributed by atoms with van der Waals surface area (Å²) in [4.78, 5) is 10.2. The molecule has 17 heavy (non-hydrogen) atoms. The van der Waals surface area contributed by atoms with Crippen LogP contribution in [0.5, 0.6) is 5.75 Å². The van der Waals surface area contributed by atoms with E-state index in [1.165, 1.54) is 12.1 Å². The predicted octanol–water partition coefficient (Wildman–Crippen LogP) is 2.51. The molecule has 1 aromatic carbocycles. The third kappa shape index (κ3) is 4.54. The minimum atomic E-state index is -0.458. The minimum Gasteiger partial charge on any atom is -0.489 e. The molecule has 0 bridgehead atoms. The van der Waals surface area contributed by atoms with Crippen LogP contribution in [0, 0.1) is 10.1 Å². The van der Waals surface area contributed by atoms with Gasteiger partial charge in [0.1, 0.15) is 12.4 Å². The lowest BCUT2D eigenvalue weighted by Gasteiger charge is -2.08. The summed E-state index contributed by atoms with van der Waals surface area (Å²) >= 11 is 3.20. The Morgan fingerprint density at radius 1 is 1.59 bits per heavy atom. The minimum absolute atomic E-state index is 0.00592. The Kier molecular flexibility index (Phi) is 5.11. The Bertz CT molecular complexity index is 435. The van der Waals surface area contributed by atoms with Crippen LogP contribution in [0.3, 0.4) is 0 Å². The maximum Gasteiger partial charge on any atom is 0.274 e. The maximum absolute atomic E-state index is 10.6. The van der Waals surface area contributed by atoms with Crippen molar-refractivity contribution < 1.29 is 9.66 Å². The van der Waals surface area contributed by atoms with E-state index in [4.69, 9.17) is 4.74 Å². The molecule has 92 valence electrons. The summed E-state index contributed by atoms with van der Waals surface area (Å²) in [6, 6.07) is 4.49. The molecule has 5 nitrogen and oxygen atoms in total. The molecule has 0 spiro atoms. The van der Waals surface area contributed by atoms with Crippen molar-refractivity contribution in [2.45, 2.75) is 0 Å². The summed E-state index contributed by atoms with van der Waals surface area (Å²) in [7, 11) is 1.81. The molecule has 0 aliphatic heterocycles. The molecule has 0 saturated heterocycles. The number of nitrogens with zero attached hydrogens (tertiary/aromatic N) is 1. The number of halogens is 1. The lowest BCUT2D eigenvalue weighted by Crippen LogP contribution is -2.14. The summed E-state index contributed by atoms with van der Waals surface area (Å²) in [5.41, 5.74) is 0.865. The van der Waals surface area contributed by atoms with Crippen LogP contribution < -0.4 is 10.1 Å². The molecule has 0 unspecified atom stereocenters. The highest BCUT2D eigenvalue weighted by Crippen LogP contribution is 2.26. The molecule has 0 amide bonds. The van der Waals surface area contributed by atoms with Gasteiger partial charge in [0, 0.05) is 17.1 Å². The van der Waals surface area contributed by atoms with E-state index in [1.807, 2.05) is 7.05 Å². The average molecular weight is 301 g/mol. The van der Waals surface area contributed by atoms with Gasteiger partial charge in [-0.25, -0.2) is 0 Å². The fraction of sp³-hybridized carbons (Fsp3) is 0.273. The third-order valence-corrected chi connectivity index (χ3v) is 2.39. The number of hydrogen-bond donors (Lipinski definition) is 1. The van der Waals surface area contributed by atoms with E-state index < -0.39 is 4.92 Å². The number of benzene rings is 1. The van der Waals surface area contributed by atoms with E-state index >= 15 is 0 Å². The van der Waals surface area contributed by atoms with Crippen molar-refractivity contribution in [3.05, 3.63) is 44.9 Å². The van der Waals surface area contributed by atoms with Crippen LogP contribution in [0.25, 0.3) is 0 Å². The van der Waals surface area contributed by atoms with Crippen LogP contribution in [0.4, 0.5) is 5.69 Å². The van der Waals surface area contributed by atoms with Crippen molar-refractivity contribution in [2.24, 2.45) is 0 Å². The normalized spacial score (nSPS) is 10.0. The zero-order valence-corrected chi connectivity index (χ0v) is 11.0. The number of nitro benzene ring substituents is 1. The summed E-state index contributed by atoms with van der Waals surface area (Å²) in [6.07, 6.45) is 0. The SMILES string of the molecule is C=C(CNC)COc1cc(Br)cc([N+](=O)[O-])c1. The van der Waals surface area contributed by atoms with E-state index in [0.717, 1.165) is 5.57 Å². The Hall–Kier alpha value is -1.40. The van der Waals surface area contributed by atoms with Gasteiger partial charge in [0.25, 0.3) is 5.69 Å². The highest BCUT2D eigenvalue weighted by Gasteiger charge is 2.09. The Balaban J connectivity index is 2.71. The lowest BCUT2D eigenvalue weighted by molar-refractivity contribution is -0.385. The lowest BCUT2D eigenvalue weighted by atomic mass is 10.3. The molecule has 1 N–H and O–H groups in total. The molecule has 1 aromatic rings. The first-order valence-electron chi connectivity index (χ1n) is 4.92. The summed E-state index contributed by atoms with van der Waals surface area (Å²) in [5.74, 6) is 0.448. The monoisotopic (exact) mass is 300 g/mol. The van der Waals surface area contributed by atoms with E-state index in [-0.39, 0.29) is 5.69 Å². The van der Waals surface area contributed by atoms with Crippen molar-refractivity contribution in [3.8, 4) is 5.75 Å². The van der Waals surface area contributed by atoms with Gasteiger partial charge in [-0.2, -0.15) is 0 Å². The summed E-state index contributed by atoms with van der Waals surface area (Å²) in [6.45, 7) is 4.78. The molecule has 1 rings (SSSR count). The van der Waals surface area contributed by atoms with Crippen LogP contribution >= 0.6 is 15.9 Å². The molecule has 0 aromatic heterocycles. The highest BCUT2D eigenvalue weighted by atomic mass is 79.9. The standard InChI is InChI=1S/C11H13BrN2O3/c1-8(6-13-2)7-17-11-4-9(12)3-10(5-11)14(15)16/h3-5,13H,1,6-7H2,2H3. The number of nitro groups is 1. The van der Waals surface area contributed by atoms with E-state index in [2.05, 4.69) is 27.8 Å². The predicted molar refractivity (Wildman–Crippen MR) is 69.4 cm³/mol. The largest absolute Gasteiger partial charge is 0.489 e. The van der Waals surface area contributed by atoms with Crippen molar-refractivity contribution in [3.63, 3.8) is 0 Å². The van der Waals surface area contributed by atoms with Crippen LogP contribution in [-0.2, 0) is 0 Å². The number of ether oxygens (including phenoxy) is 1. The van der Waals surface area contributed by atoms with Gasteiger partial charge in [-0.1, -0.05) is 22.5 Å². The van der Waals surface area contributed by atoms with Crippen molar-refractivity contribution in [1.29, 1.82) is 0 Å². The average Bonchev–Trinajstić information content (AvgIpc) is 2.26. The fourth-order valence-electron chi connectivity index (χ4n) is 1.22. The van der Waals surface area contributed by atoms with Gasteiger partial charge >= 0.3 is 0 Å². The number of nitrogens with one attached hydrogen (secondary N) is 1. The van der Waals surface area contributed by atoms with Gasteiger partial charge < -0.3 is 10.1 Å². The Labute approximate surface area is 108 Å². The number of likely N-dealkylation sites (N-methyl/N-ethyl adjacent to an activating group) is 1. The zero-order valence-electron chi connectivity index (χ0n) is 9.40. The number of non-ortho nitro benzene ring substituents is 1. The highest BCUT2D eigenvalue weighted by molar-refractivity contribution is 9.10. The van der Waals surface area contributed by atoms with E-state index in [1.54, 1.807) is 6.07 Å². The van der Waals surface area contributed by atoms with Crippen LogP contribution in [0.15, 0.2) is 34.8 Å². The smallest absolute Gasteiger partial charge is 0.274 e. The second-order valence-corrected chi connectivity index (χ2v) is 4.39. The maximum atomic E-state index is 10.6. The van der Waals surface area contributed by atoms with E-state index in [0.29, 0.717) is 23.4 Å². The molecular weight excluding hydrogens is 288 g/mol. The van der Waals surface area contributed by atoms with Crippen molar-refractivity contribution in [2.75, 3.05) is 20.2 Å². The van der Waals surface area contributed by atoms with Gasteiger partial charge in [-0.3, -0.25) is 10.1 Å². The molecule has 0 aliphatic rings. The zero-order chi connectivity index (χ0) is 12.8. The summed E-state index contributed by atoms with van der Waals surface area (Å²) < 4.78 is 6.03. The molecule has 6 heteroatoms. The number of rotatable bonds is 6. The van der Waals surface area contributed by atoms with E-state index in [9.17, 15) is 10.1 Å². The third-order valence-electron chi connectivity index (χ3n) is 1.94. The first-order chi connectivity index (χ1) is 8.02. The second-order valence-electron chi connectivity index (χ2n) is 3.47. The molecule has 0 atom stereocenters. The first-order valence-corrected chi connectivity index (χ1v) is 5.71. The molecule has 0 saturated carbocycles. The molecule has 0 fully saturated rings. The van der Waals surface area contributed by atoms with Crippen LogP contribution in [0.2, 0.25) is 0 Å².